The van der Waals surface area contributed by atoms with E-state index in [0.29, 0.717) is 34.1 Å². The predicted molar refractivity (Wildman–Crippen MR) is 147 cm³/mol. The Hall–Kier alpha value is -4.05. The highest BCUT2D eigenvalue weighted by Crippen LogP contribution is 2.36. The summed E-state index contributed by atoms with van der Waals surface area (Å²) in [7, 11) is 1.86. The van der Waals surface area contributed by atoms with Gasteiger partial charge in [0.15, 0.2) is 0 Å². The summed E-state index contributed by atoms with van der Waals surface area (Å²) < 4.78 is 12.3. The van der Waals surface area contributed by atoms with E-state index >= 15 is 0 Å². The molecule has 4 aromatic rings. The van der Waals surface area contributed by atoms with Crippen molar-refractivity contribution >= 4 is 45.1 Å². The second-order valence-corrected chi connectivity index (χ2v) is 9.83. The van der Waals surface area contributed by atoms with Gasteiger partial charge in [-0.1, -0.05) is 25.1 Å². The number of rotatable bonds is 8. The molecule has 0 aliphatic carbocycles. The Bertz CT molecular complexity index is 1550. The summed E-state index contributed by atoms with van der Waals surface area (Å²) in [6.07, 6.45) is 0.639. The van der Waals surface area contributed by atoms with Crippen LogP contribution in [0.1, 0.15) is 67.6 Å². The number of aryl methyl sites for hydroxylation is 2. The highest BCUT2D eigenvalue weighted by Gasteiger charge is 2.28. The van der Waals surface area contributed by atoms with Crippen molar-refractivity contribution in [3.05, 3.63) is 63.3 Å². The summed E-state index contributed by atoms with van der Waals surface area (Å²) in [5.41, 5.74) is 4.78. The molecule has 1 N–H and O–H groups in total. The molecule has 3 aromatic heterocycles. The Balaban J connectivity index is 1.82. The first-order valence-corrected chi connectivity index (χ1v) is 13.2. The van der Waals surface area contributed by atoms with Crippen molar-refractivity contribution in [3.8, 4) is 11.3 Å². The topological polar surface area (TPSA) is 112 Å². The number of hydrogen-bond donors (Lipinski definition) is 1. The van der Waals surface area contributed by atoms with Gasteiger partial charge in [-0.25, -0.2) is 14.6 Å². The fourth-order valence-corrected chi connectivity index (χ4v) is 5.40. The molecule has 1 aromatic carbocycles. The molecule has 0 bridgehead atoms. The van der Waals surface area contributed by atoms with Gasteiger partial charge in [0.25, 0.3) is 5.91 Å². The van der Waals surface area contributed by atoms with Crippen LogP contribution in [0.3, 0.4) is 0 Å². The van der Waals surface area contributed by atoms with Gasteiger partial charge in [0.1, 0.15) is 9.88 Å². The molecule has 1 amide bonds. The fraction of sp³-hybridized carbons (Fsp3) is 0.321. The van der Waals surface area contributed by atoms with Crippen LogP contribution in [0.4, 0.5) is 5.00 Å². The van der Waals surface area contributed by atoms with E-state index in [1.54, 1.807) is 24.6 Å². The van der Waals surface area contributed by atoms with Crippen molar-refractivity contribution < 1.29 is 23.9 Å². The fourth-order valence-electron chi connectivity index (χ4n) is 4.31. The number of fused-ring (bicyclic) bond motifs is 1. The lowest BCUT2D eigenvalue weighted by Crippen LogP contribution is -2.16. The minimum atomic E-state index is -0.603. The summed E-state index contributed by atoms with van der Waals surface area (Å²) in [6.45, 7) is 9.50. The molecule has 38 heavy (non-hydrogen) atoms. The van der Waals surface area contributed by atoms with E-state index in [9.17, 15) is 14.4 Å². The van der Waals surface area contributed by atoms with Crippen LogP contribution in [0.5, 0.6) is 0 Å². The van der Waals surface area contributed by atoms with Crippen LogP contribution in [0.25, 0.3) is 22.2 Å². The molecule has 4 rings (SSSR count). The molecule has 0 unspecified atom stereocenters. The van der Waals surface area contributed by atoms with Gasteiger partial charge in [0.2, 0.25) is 0 Å². The van der Waals surface area contributed by atoms with Gasteiger partial charge in [0, 0.05) is 23.7 Å². The first kappa shape index (κ1) is 27.0. The molecule has 0 spiro atoms. The smallest absolute Gasteiger partial charge is 0.348 e. The zero-order valence-corrected chi connectivity index (χ0v) is 23.1. The van der Waals surface area contributed by atoms with Crippen molar-refractivity contribution in [1.82, 2.24) is 14.8 Å². The number of carbonyl (C=O) groups excluding carboxylic acids is 3. The van der Waals surface area contributed by atoms with Crippen molar-refractivity contribution in [2.24, 2.45) is 7.05 Å². The average molecular weight is 535 g/mol. The van der Waals surface area contributed by atoms with E-state index in [1.807, 2.05) is 52.1 Å². The lowest BCUT2D eigenvalue weighted by Gasteiger charge is -2.11. The number of pyridine rings is 1. The molecule has 198 valence electrons. The number of thiophene rings is 1. The van der Waals surface area contributed by atoms with Crippen molar-refractivity contribution in [3.63, 3.8) is 0 Å². The summed E-state index contributed by atoms with van der Waals surface area (Å²) in [6, 6.07) is 9.10. The summed E-state index contributed by atoms with van der Waals surface area (Å²) >= 11 is 0.997. The van der Waals surface area contributed by atoms with Gasteiger partial charge in [-0.15, -0.1) is 11.3 Å². The van der Waals surface area contributed by atoms with Crippen LogP contribution < -0.4 is 5.32 Å². The molecule has 0 atom stereocenters. The molecule has 0 saturated heterocycles. The monoisotopic (exact) mass is 534 g/mol. The van der Waals surface area contributed by atoms with Crippen molar-refractivity contribution in [2.45, 2.75) is 41.0 Å². The molecule has 0 radical (unpaired) electrons. The Labute approximate surface area is 224 Å². The molecule has 0 saturated carbocycles. The lowest BCUT2D eigenvalue weighted by atomic mass is 10.0. The first-order valence-electron chi connectivity index (χ1n) is 12.4. The summed E-state index contributed by atoms with van der Waals surface area (Å²) in [5, 5.41) is 8.25. The van der Waals surface area contributed by atoms with Gasteiger partial charge < -0.3 is 14.8 Å². The maximum atomic E-state index is 13.8. The quantitative estimate of drug-likeness (QED) is 0.292. The third-order valence-electron chi connectivity index (χ3n) is 6.20. The maximum absolute atomic E-state index is 13.8. The summed E-state index contributed by atoms with van der Waals surface area (Å²) in [4.78, 5) is 44.3. The van der Waals surface area contributed by atoms with E-state index in [-0.39, 0.29) is 28.7 Å². The normalized spacial score (nSPS) is 11.0. The number of aromatic nitrogens is 3. The SMILES string of the molecule is CCCOC(=O)c1c(NC(=O)c2cc(-c3c(C)nn(C)c3C)nc3ccccc23)sc(C(=O)OCC)c1C. The second kappa shape index (κ2) is 11.1. The number of nitrogens with one attached hydrogen (secondary N) is 1. The average Bonchev–Trinajstić information content (AvgIpc) is 3.35. The van der Waals surface area contributed by atoms with Crippen LogP contribution in [0, 0.1) is 20.8 Å². The highest BCUT2D eigenvalue weighted by molar-refractivity contribution is 7.18. The van der Waals surface area contributed by atoms with E-state index in [1.165, 1.54) is 0 Å². The molecular formula is C28H30N4O5S. The third kappa shape index (κ3) is 5.04. The number of esters is 2. The van der Waals surface area contributed by atoms with Gasteiger partial charge in [-0.2, -0.15) is 5.10 Å². The Kier molecular flexibility index (Phi) is 7.91. The zero-order chi connectivity index (χ0) is 27.6. The van der Waals surface area contributed by atoms with Gasteiger partial charge in [0.05, 0.1) is 41.2 Å². The second-order valence-electron chi connectivity index (χ2n) is 8.81. The molecule has 0 aliphatic rings. The number of carbonyl (C=O) groups is 3. The molecule has 10 heteroatoms. The van der Waals surface area contributed by atoms with Crippen LogP contribution in [0.15, 0.2) is 30.3 Å². The number of ether oxygens (including phenoxy) is 2. The Morgan fingerprint density at radius 3 is 2.45 bits per heavy atom. The number of amides is 1. The maximum Gasteiger partial charge on any atom is 0.348 e. The standard InChI is InChI=1S/C28H30N4O5S/c1-7-13-37-27(34)22-15(3)24(28(35)36-8-2)38-26(22)30-25(33)19-14-21(23-16(4)31-32(6)17(23)5)29-20-12-10-9-11-18(19)20/h9-12,14H,7-8,13H2,1-6H3,(H,30,33). The van der Waals surface area contributed by atoms with Gasteiger partial charge >= 0.3 is 11.9 Å². The van der Waals surface area contributed by atoms with Crippen LogP contribution >= 0.6 is 11.3 Å². The molecule has 0 aliphatic heterocycles. The molecule has 0 fully saturated rings. The van der Waals surface area contributed by atoms with Gasteiger partial charge in [-0.3, -0.25) is 9.48 Å². The number of benzene rings is 1. The summed E-state index contributed by atoms with van der Waals surface area (Å²) in [5.74, 6) is -1.60. The third-order valence-corrected chi connectivity index (χ3v) is 7.39. The Morgan fingerprint density at radius 1 is 1.05 bits per heavy atom. The number of para-hydroxylation sites is 1. The predicted octanol–water partition coefficient (Wildman–Crippen LogP) is 5.62. The first-order chi connectivity index (χ1) is 18.2. The van der Waals surface area contributed by atoms with Crippen LogP contribution in [0.2, 0.25) is 0 Å². The van der Waals surface area contributed by atoms with Crippen molar-refractivity contribution in [2.75, 3.05) is 18.5 Å². The van der Waals surface area contributed by atoms with E-state index in [2.05, 4.69) is 10.4 Å². The van der Waals surface area contributed by atoms with Crippen LogP contribution in [-0.4, -0.2) is 45.8 Å². The van der Waals surface area contributed by atoms with Crippen molar-refractivity contribution in [1.29, 1.82) is 0 Å². The van der Waals surface area contributed by atoms with E-state index < -0.39 is 17.8 Å². The van der Waals surface area contributed by atoms with E-state index in [0.717, 1.165) is 28.3 Å². The largest absolute Gasteiger partial charge is 0.462 e. The van der Waals surface area contributed by atoms with E-state index in [4.69, 9.17) is 14.5 Å². The minimum Gasteiger partial charge on any atom is -0.462 e. The molecule has 9 nitrogen and oxygen atoms in total. The number of hydrogen-bond acceptors (Lipinski definition) is 8. The molecule has 3 heterocycles. The lowest BCUT2D eigenvalue weighted by molar-refractivity contribution is 0.0506. The molecular weight excluding hydrogens is 504 g/mol. The number of anilines is 1. The zero-order valence-electron chi connectivity index (χ0n) is 22.3. The minimum absolute atomic E-state index is 0.150. The van der Waals surface area contributed by atoms with Gasteiger partial charge in [-0.05, 0) is 51.8 Å². The number of nitrogens with zero attached hydrogens (tertiary/aromatic N) is 3. The van der Waals surface area contributed by atoms with Crippen LogP contribution in [-0.2, 0) is 16.5 Å². The highest BCUT2D eigenvalue weighted by atomic mass is 32.1. The Morgan fingerprint density at radius 2 is 1.79 bits per heavy atom.